The molecule has 2 unspecified atom stereocenters. The van der Waals surface area contributed by atoms with Gasteiger partial charge in [0.25, 0.3) is 11.8 Å². The van der Waals surface area contributed by atoms with E-state index >= 15 is 9.59 Å². The Morgan fingerprint density at radius 1 is 0.842 bits per heavy atom. The molecule has 0 saturated heterocycles. The molecule has 12 heteroatoms. The van der Waals surface area contributed by atoms with E-state index in [1.165, 1.54) is 0 Å². The zero-order valence-corrected chi connectivity index (χ0v) is 33.0. The molecule has 0 aliphatic carbocycles. The molecule has 1 aliphatic heterocycles. The van der Waals surface area contributed by atoms with Gasteiger partial charge in [0, 0.05) is 11.8 Å². The number of benzene rings is 4. The molecule has 0 saturated carbocycles. The predicted molar refractivity (Wildman–Crippen MR) is 217 cm³/mol. The van der Waals surface area contributed by atoms with Crippen molar-refractivity contribution in [2.45, 2.75) is 71.7 Å². The molecule has 2 atom stereocenters. The summed E-state index contributed by atoms with van der Waals surface area (Å²) in [7, 11) is 0. The zero-order chi connectivity index (χ0) is 40.4. The second kappa shape index (κ2) is 18.7. The van der Waals surface area contributed by atoms with Gasteiger partial charge < -0.3 is 19.3 Å². The molecule has 6 rings (SSSR count). The van der Waals surface area contributed by atoms with Crippen molar-refractivity contribution in [2.75, 3.05) is 30.0 Å². The number of anilines is 2. The van der Waals surface area contributed by atoms with Crippen LogP contribution in [0.4, 0.5) is 16.4 Å². The van der Waals surface area contributed by atoms with Gasteiger partial charge in [0.05, 0.1) is 37.1 Å². The summed E-state index contributed by atoms with van der Waals surface area (Å²) >= 11 is 0. The molecule has 296 valence electrons. The van der Waals surface area contributed by atoms with E-state index in [4.69, 9.17) is 19.2 Å². The summed E-state index contributed by atoms with van der Waals surface area (Å²) in [6.07, 6.45) is 0.493. The number of nitrogens with zero attached hydrogens (tertiary/aromatic N) is 4. The minimum atomic E-state index is -0.979. The molecule has 12 nitrogen and oxygen atoms in total. The molecule has 1 aromatic heterocycles. The first-order valence-corrected chi connectivity index (χ1v) is 19.1. The molecule has 0 spiro atoms. The minimum Gasteiger partial charge on any atom is -0.478 e. The van der Waals surface area contributed by atoms with E-state index in [9.17, 15) is 4.79 Å². The van der Waals surface area contributed by atoms with Gasteiger partial charge in [-0.15, -0.1) is 0 Å². The number of hydrogen-bond donors (Lipinski definition) is 1. The molecule has 4 aromatic carbocycles. The highest BCUT2D eigenvalue weighted by molar-refractivity contribution is 6.11. The highest BCUT2D eigenvalue weighted by Gasteiger charge is 2.44. The molecule has 1 N–H and O–H groups in total. The summed E-state index contributed by atoms with van der Waals surface area (Å²) in [5.74, 6) is -0.158. The van der Waals surface area contributed by atoms with Crippen LogP contribution in [-0.2, 0) is 32.3 Å². The van der Waals surface area contributed by atoms with Crippen molar-refractivity contribution in [1.82, 2.24) is 14.9 Å². The number of fused-ring (bicyclic) bond motifs is 1. The van der Waals surface area contributed by atoms with Crippen LogP contribution in [0.5, 0.6) is 5.88 Å². The van der Waals surface area contributed by atoms with E-state index in [0.717, 1.165) is 16.7 Å². The van der Waals surface area contributed by atoms with E-state index in [1.807, 2.05) is 116 Å². The van der Waals surface area contributed by atoms with Crippen LogP contribution in [0.3, 0.4) is 0 Å². The molecule has 0 fully saturated rings. The Morgan fingerprint density at radius 3 is 2.21 bits per heavy atom. The predicted octanol–water partition coefficient (Wildman–Crippen LogP) is 8.58. The lowest BCUT2D eigenvalue weighted by molar-refractivity contribution is -0.298. The van der Waals surface area contributed by atoms with Crippen molar-refractivity contribution in [1.29, 1.82) is 0 Å². The molecule has 5 aromatic rings. The molecular formula is C45H49N5O7. The van der Waals surface area contributed by atoms with E-state index in [1.54, 1.807) is 43.6 Å². The van der Waals surface area contributed by atoms with Gasteiger partial charge in [-0.05, 0) is 81.8 Å². The van der Waals surface area contributed by atoms with Gasteiger partial charge >= 0.3 is 6.09 Å². The standard InChI is InChI=1S/C45H49N5O7/c1-6-55-56-30-38(34-20-12-8-13-21-34)50-40(35-22-14-9-15-23-35)42(52)49(29-33-17-10-7-11-18-33)37-25-24-32(28-36(37)41(50)51)19-16-26-54-39-27-31(2)46-43(47-39)48-44(53)57-45(3,4)5/h7-15,17-18,20-25,27-28,38,40H,6,16,19,26,29-30H2,1-5H3,(H,46,47,48,53). The SMILES string of the molecule is CCOOCC(c1ccccc1)N1C(=O)c2cc(CCCOc3cc(C)nc(NC(=O)OC(C)(C)C)n3)ccc2N(Cc2ccccc2)C(=O)C1c1ccccc1. The largest absolute Gasteiger partial charge is 0.478 e. The van der Waals surface area contributed by atoms with Gasteiger partial charge in [0.1, 0.15) is 18.2 Å². The van der Waals surface area contributed by atoms with Crippen LogP contribution in [0.2, 0.25) is 0 Å². The van der Waals surface area contributed by atoms with Crippen molar-refractivity contribution >= 4 is 29.5 Å². The van der Waals surface area contributed by atoms with Crippen molar-refractivity contribution in [3.05, 3.63) is 149 Å². The third-order valence-corrected chi connectivity index (χ3v) is 9.14. The van der Waals surface area contributed by atoms with Gasteiger partial charge in [-0.25, -0.2) is 19.6 Å². The van der Waals surface area contributed by atoms with E-state index in [0.29, 0.717) is 54.4 Å². The average Bonchev–Trinajstić information content (AvgIpc) is 3.27. The first-order chi connectivity index (χ1) is 27.5. The smallest absolute Gasteiger partial charge is 0.414 e. The number of ether oxygens (including phenoxy) is 2. The monoisotopic (exact) mass is 771 g/mol. The van der Waals surface area contributed by atoms with Crippen LogP contribution in [0, 0.1) is 6.92 Å². The van der Waals surface area contributed by atoms with E-state index in [2.05, 4.69) is 15.3 Å². The molecule has 2 heterocycles. The van der Waals surface area contributed by atoms with Gasteiger partial charge in [0.2, 0.25) is 11.8 Å². The topological polar surface area (TPSA) is 132 Å². The lowest BCUT2D eigenvalue weighted by Gasteiger charge is -2.37. The Balaban J connectivity index is 1.32. The number of aromatic nitrogens is 2. The molecule has 1 aliphatic rings. The van der Waals surface area contributed by atoms with Crippen molar-refractivity contribution in [3.8, 4) is 5.88 Å². The Morgan fingerprint density at radius 2 is 1.53 bits per heavy atom. The lowest BCUT2D eigenvalue weighted by Crippen LogP contribution is -2.45. The quantitative estimate of drug-likeness (QED) is 0.0632. The summed E-state index contributed by atoms with van der Waals surface area (Å²) in [4.78, 5) is 65.7. The second-order valence-corrected chi connectivity index (χ2v) is 14.7. The number of nitrogens with one attached hydrogen (secondary N) is 1. The van der Waals surface area contributed by atoms with Gasteiger partial charge in [-0.3, -0.25) is 14.9 Å². The summed E-state index contributed by atoms with van der Waals surface area (Å²) in [6, 6.07) is 34.5. The van der Waals surface area contributed by atoms with Crippen molar-refractivity contribution < 1.29 is 33.6 Å². The maximum Gasteiger partial charge on any atom is 0.414 e. The minimum absolute atomic E-state index is 0.00276. The Hall–Kier alpha value is -6.11. The van der Waals surface area contributed by atoms with Crippen LogP contribution < -0.4 is 15.0 Å². The zero-order valence-electron chi connectivity index (χ0n) is 33.0. The average molecular weight is 772 g/mol. The number of aryl methyl sites for hydroxylation is 2. The number of rotatable bonds is 15. The number of amides is 3. The number of hydrogen-bond acceptors (Lipinski definition) is 9. The van der Waals surface area contributed by atoms with Gasteiger partial charge in [-0.1, -0.05) is 97.1 Å². The maximum atomic E-state index is 15.3. The molecule has 57 heavy (non-hydrogen) atoms. The number of carbonyl (C=O) groups is 3. The van der Waals surface area contributed by atoms with E-state index < -0.39 is 23.8 Å². The van der Waals surface area contributed by atoms with Crippen LogP contribution in [0.25, 0.3) is 0 Å². The summed E-state index contributed by atoms with van der Waals surface area (Å²) in [5, 5.41) is 2.56. The van der Waals surface area contributed by atoms with Gasteiger partial charge in [0.15, 0.2) is 0 Å². The highest BCUT2D eigenvalue weighted by atomic mass is 17.2. The maximum absolute atomic E-state index is 15.3. The highest BCUT2D eigenvalue weighted by Crippen LogP contribution is 2.41. The van der Waals surface area contributed by atoms with Crippen molar-refractivity contribution in [2.24, 2.45) is 0 Å². The number of carbonyl (C=O) groups excluding carboxylic acids is 3. The first-order valence-electron chi connectivity index (χ1n) is 19.1. The Bertz CT molecular complexity index is 2130. The summed E-state index contributed by atoms with van der Waals surface area (Å²) < 4.78 is 11.3. The lowest BCUT2D eigenvalue weighted by atomic mass is 9.97. The molecular weight excluding hydrogens is 723 g/mol. The van der Waals surface area contributed by atoms with Crippen LogP contribution in [-0.4, -0.2) is 58.2 Å². The fourth-order valence-electron chi connectivity index (χ4n) is 6.70. The fraction of sp³-hybridized carbons (Fsp3) is 0.311. The third-order valence-electron chi connectivity index (χ3n) is 9.14. The first kappa shape index (κ1) is 40.6. The summed E-state index contributed by atoms with van der Waals surface area (Å²) in [6.45, 7) is 9.82. The molecule has 0 bridgehead atoms. The summed E-state index contributed by atoms with van der Waals surface area (Å²) in [5.41, 5.74) is 4.17. The molecule has 0 radical (unpaired) electrons. The van der Waals surface area contributed by atoms with Crippen LogP contribution >= 0.6 is 0 Å². The van der Waals surface area contributed by atoms with E-state index in [-0.39, 0.29) is 30.9 Å². The van der Waals surface area contributed by atoms with Gasteiger partial charge in [-0.2, -0.15) is 4.98 Å². The second-order valence-electron chi connectivity index (χ2n) is 14.7. The Labute approximate surface area is 333 Å². The van der Waals surface area contributed by atoms with Crippen LogP contribution in [0.1, 0.15) is 84.5 Å². The molecule has 3 amide bonds. The Kier molecular flexibility index (Phi) is 13.3. The normalized spacial score (nSPS) is 14.8. The fourth-order valence-corrected chi connectivity index (χ4v) is 6.70. The third kappa shape index (κ3) is 10.6. The van der Waals surface area contributed by atoms with Crippen LogP contribution in [0.15, 0.2) is 115 Å². The van der Waals surface area contributed by atoms with Crippen molar-refractivity contribution in [3.63, 3.8) is 0 Å².